The van der Waals surface area contributed by atoms with Crippen LogP contribution in [0.4, 0.5) is 0 Å². The lowest BCUT2D eigenvalue weighted by Crippen LogP contribution is -2.26. The molecule has 1 aliphatic rings. The Balaban J connectivity index is 1.39. The summed E-state index contributed by atoms with van der Waals surface area (Å²) in [6, 6.07) is 11.1. The minimum absolute atomic E-state index is 0.0516. The zero-order valence-electron chi connectivity index (χ0n) is 14.3. The van der Waals surface area contributed by atoms with Crippen LogP contribution in [0.5, 0.6) is 5.75 Å². The molecule has 7 heteroatoms. The van der Waals surface area contributed by atoms with E-state index in [4.69, 9.17) is 4.74 Å². The minimum Gasteiger partial charge on any atom is -0.494 e. The highest BCUT2D eigenvalue weighted by atomic mass is 16.5. The normalized spacial score (nSPS) is 13.5. The molecule has 1 aliphatic heterocycles. The Bertz CT molecular complexity index is 788. The van der Waals surface area contributed by atoms with Crippen LogP contribution >= 0.6 is 0 Å². The number of benzene rings is 1. The van der Waals surface area contributed by atoms with Crippen LogP contribution in [0.1, 0.15) is 35.2 Å². The number of nitrogens with zero attached hydrogens (tertiary/aromatic N) is 2. The van der Waals surface area contributed by atoms with Crippen molar-refractivity contribution in [2.75, 3.05) is 13.2 Å². The smallest absolute Gasteiger partial charge is 0.252 e. The van der Waals surface area contributed by atoms with Crippen LogP contribution in [-0.4, -0.2) is 35.7 Å². The van der Waals surface area contributed by atoms with Crippen molar-refractivity contribution in [1.29, 1.82) is 0 Å². The van der Waals surface area contributed by atoms with Crippen molar-refractivity contribution >= 4 is 17.5 Å². The van der Waals surface area contributed by atoms with Gasteiger partial charge in [-0.3, -0.25) is 14.6 Å². The van der Waals surface area contributed by atoms with E-state index in [2.05, 4.69) is 20.8 Å². The van der Waals surface area contributed by atoms with E-state index < -0.39 is 0 Å². The van der Waals surface area contributed by atoms with E-state index >= 15 is 0 Å². The van der Waals surface area contributed by atoms with Gasteiger partial charge in [-0.1, -0.05) is 0 Å². The molecule has 3 rings (SSSR count). The summed E-state index contributed by atoms with van der Waals surface area (Å²) in [6.45, 7) is 1.03. The van der Waals surface area contributed by atoms with Crippen molar-refractivity contribution in [3.63, 3.8) is 0 Å². The van der Waals surface area contributed by atoms with Gasteiger partial charge in [0.2, 0.25) is 5.91 Å². The molecule has 2 heterocycles. The molecule has 134 valence electrons. The standard InChI is InChI=1S/C19H20N4O3/c24-18-9-8-17(22-23-18)14-4-6-16(7-5-14)26-12-2-11-21-19(25)15-3-1-10-20-13-15/h1,3-7,10,13H,2,8-9,11-12H2,(H,21,25)(H,23,24). The average Bonchev–Trinajstić information content (AvgIpc) is 2.69. The quantitative estimate of drug-likeness (QED) is 0.744. The molecular formula is C19H20N4O3. The van der Waals surface area contributed by atoms with Crippen molar-refractivity contribution in [3.05, 3.63) is 59.9 Å². The van der Waals surface area contributed by atoms with E-state index in [-0.39, 0.29) is 11.8 Å². The van der Waals surface area contributed by atoms with Gasteiger partial charge >= 0.3 is 0 Å². The maximum atomic E-state index is 11.9. The van der Waals surface area contributed by atoms with Crippen molar-refractivity contribution in [3.8, 4) is 5.75 Å². The highest BCUT2D eigenvalue weighted by Crippen LogP contribution is 2.16. The molecule has 26 heavy (non-hydrogen) atoms. The monoisotopic (exact) mass is 352 g/mol. The molecule has 2 amide bonds. The maximum absolute atomic E-state index is 11.9. The van der Waals surface area contributed by atoms with E-state index in [1.807, 2.05) is 24.3 Å². The lowest BCUT2D eigenvalue weighted by atomic mass is 10.0. The Morgan fingerprint density at radius 3 is 2.73 bits per heavy atom. The van der Waals surface area contributed by atoms with Gasteiger partial charge < -0.3 is 10.1 Å². The third-order valence-electron chi connectivity index (χ3n) is 3.89. The maximum Gasteiger partial charge on any atom is 0.252 e. The molecule has 2 aromatic rings. The van der Waals surface area contributed by atoms with Gasteiger partial charge in [-0.15, -0.1) is 0 Å². The second-order valence-corrected chi connectivity index (χ2v) is 5.82. The summed E-state index contributed by atoms with van der Waals surface area (Å²) in [5.41, 5.74) is 4.88. The predicted octanol–water partition coefficient (Wildman–Crippen LogP) is 1.89. The second-order valence-electron chi connectivity index (χ2n) is 5.82. The first-order chi connectivity index (χ1) is 12.7. The molecular weight excluding hydrogens is 332 g/mol. The van der Waals surface area contributed by atoms with Crippen molar-refractivity contribution < 1.29 is 14.3 Å². The van der Waals surface area contributed by atoms with E-state index in [9.17, 15) is 9.59 Å². The first-order valence-corrected chi connectivity index (χ1v) is 8.49. The molecule has 0 saturated heterocycles. The summed E-state index contributed by atoms with van der Waals surface area (Å²) in [5, 5.41) is 6.90. The van der Waals surface area contributed by atoms with Gasteiger partial charge in [0.05, 0.1) is 17.9 Å². The predicted molar refractivity (Wildman–Crippen MR) is 97.0 cm³/mol. The molecule has 1 aromatic heterocycles. The van der Waals surface area contributed by atoms with Crippen LogP contribution in [0.25, 0.3) is 0 Å². The number of hydrogen-bond acceptors (Lipinski definition) is 5. The van der Waals surface area contributed by atoms with Crippen LogP contribution < -0.4 is 15.5 Å². The van der Waals surface area contributed by atoms with Crippen molar-refractivity contribution in [2.45, 2.75) is 19.3 Å². The van der Waals surface area contributed by atoms with Gasteiger partial charge in [0.15, 0.2) is 0 Å². The Kier molecular flexibility index (Phi) is 5.92. The fourth-order valence-electron chi connectivity index (χ4n) is 2.49. The van der Waals surface area contributed by atoms with Gasteiger partial charge in [-0.25, -0.2) is 5.43 Å². The third-order valence-corrected chi connectivity index (χ3v) is 3.89. The van der Waals surface area contributed by atoms with Crippen molar-refractivity contribution in [1.82, 2.24) is 15.7 Å². The topological polar surface area (TPSA) is 92.7 Å². The summed E-state index contributed by atoms with van der Waals surface area (Å²) in [6.07, 6.45) is 4.97. The Morgan fingerprint density at radius 2 is 2.04 bits per heavy atom. The van der Waals surface area contributed by atoms with E-state index in [1.165, 1.54) is 6.20 Å². The van der Waals surface area contributed by atoms with Gasteiger partial charge in [0.1, 0.15) is 5.75 Å². The van der Waals surface area contributed by atoms with E-state index in [0.717, 1.165) is 17.0 Å². The summed E-state index contributed by atoms with van der Waals surface area (Å²) in [7, 11) is 0. The first-order valence-electron chi connectivity index (χ1n) is 8.49. The summed E-state index contributed by atoms with van der Waals surface area (Å²) >= 11 is 0. The molecule has 1 aromatic carbocycles. The number of carbonyl (C=O) groups excluding carboxylic acids is 2. The number of pyridine rings is 1. The van der Waals surface area contributed by atoms with Crippen LogP contribution in [0.3, 0.4) is 0 Å². The largest absolute Gasteiger partial charge is 0.494 e. The number of hydrogen-bond donors (Lipinski definition) is 2. The van der Waals surface area contributed by atoms with Gasteiger partial charge in [-0.2, -0.15) is 5.10 Å². The fourth-order valence-corrected chi connectivity index (χ4v) is 2.49. The van der Waals surface area contributed by atoms with Crippen LogP contribution in [0.15, 0.2) is 53.9 Å². The number of rotatable bonds is 7. The van der Waals surface area contributed by atoms with Crippen LogP contribution in [0, 0.1) is 0 Å². The summed E-state index contributed by atoms with van der Waals surface area (Å²) in [5.74, 6) is 0.569. The Labute approximate surface area is 151 Å². The number of aromatic nitrogens is 1. The molecule has 0 aliphatic carbocycles. The van der Waals surface area contributed by atoms with Crippen LogP contribution in [-0.2, 0) is 4.79 Å². The Hall–Kier alpha value is -3.22. The van der Waals surface area contributed by atoms with E-state index in [0.29, 0.717) is 38.0 Å². The number of carbonyl (C=O) groups is 2. The molecule has 0 spiro atoms. The molecule has 0 unspecified atom stereocenters. The molecule has 7 nitrogen and oxygen atoms in total. The molecule has 0 atom stereocenters. The zero-order valence-corrected chi connectivity index (χ0v) is 14.3. The average molecular weight is 352 g/mol. The molecule has 0 radical (unpaired) electrons. The number of amides is 2. The van der Waals surface area contributed by atoms with Gasteiger partial charge in [0.25, 0.3) is 5.91 Å². The number of ether oxygens (including phenoxy) is 1. The number of nitrogens with one attached hydrogen (secondary N) is 2. The highest BCUT2D eigenvalue weighted by Gasteiger charge is 2.13. The molecule has 0 bridgehead atoms. The van der Waals surface area contributed by atoms with Gasteiger partial charge in [0, 0.05) is 31.8 Å². The second kappa shape index (κ2) is 8.75. The number of hydrazone groups is 1. The fraction of sp³-hybridized carbons (Fsp3) is 0.263. The summed E-state index contributed by atoms with van der Waals surface area (Å²) < 4.78 is 5.68. The molecule has 0 saturated carbocycles. The highest BCUT2D eigenvalue weighted by molar-refractivity contribution is 6.04. The molecule has 2 N–H and O–H groups in total. The lowest BCUT2D eigenvalue weighted by Gasteiger charge is -2.12. The van der Waals surface area contributed by atoms with Gasteiger partial charge in [-0.05, 0) is 48.4 Å². The zero-order chi connectivity index (χ0) is 18.2. The first kappa shape index (κ1) is 17.6. The minimum atomic E-state index is -0.136. The van der Waals surface area contributed by atoms with E-state index in [1.54, 1.807) is 18.3 Å². The summed E-state index contributed by atoms with van der Waals surface area (Å²) in [4.78, 5) is 26.9. The van der Waals surface area contributed by atoms with Crippen molar-refractivity contribution in [2.24, 2.45) is 5.10 Å². The third kappa shape index (κ3) is 4.89. The SMILES string of the molecule is O=C1CCC(c2ccc(OCCCNC(=O)c3cccnc3)cc2)=NN1. The molecule has 0 fully saturated rings. The Morgan fingerprint density at radius 1 is 1.19 bits per heavy atom. The lowest BCUT2D eigenvalue weighted by molar-refractivity contribution is -0.121. The van der Waals surface area contributed by atoms with Crippen LogP contribution in [0.2, 0.25) is 0 Å².